The summed E-state index contributed by atoms with van der Waals surface area (Å²) in [4.78, 5) is 18.3. The second-order valence-electron chi connectivity index (χ2n) is 4.65. The molecule has 0 aromatic carbocycles. The second kappa shape index (κ2) is 7.01. The Morgan fingerprint density at radius 1 is 1.40 bits per heavy atom. The van der Waals surface area contributed by atoms with Gasteiger partial charge in [-0.2, -0.15) is 0 Å². The maximum absolute atomic E-state index is 12.1. The van der Waals surface area contributed by atoms with Gasteiger partial charge in [0.1, 0.15) is 6.61 Å². The van der Waals surface area contributed by atoms with E-state index in [-0.39, 0.29) is 12.5 Å². The van der Waals surface area contributed by atoms with Crippen LogP contribution in [0.15, 0.2) is 18.5 Å². The lowest BCUT2D eigenvalue weighted by Crippen LogP contribution is -2.52. The summed E-state index contributed by atoms with van der Waals surface area (Å²) in [5.41, 5.74) is 3.95. The summed E-state index contributed by atoms with van der Waals surface area (Å²) in [5, 5.41) is 10.6. The van der Waals surface area contributed by atoms with Crippen LogP contribution in [0.3, 0.4) is 0 Å². The van der Waals surface area contributed by atoms with E-state index in [9.17, 15) is 4.79 Å². The lowest BCUT2D eigenvalue weighted by Gasteiger charge is -2.32. The molecule has 0 radical (unpaired) electrons. The lowest BCUT2D eigenvalue weighted by molar-refractivity contribution is 0.0662. The van der Waals surface area contributed by atoms with Crippen LogP contribution < -0.4 is 5.43 Å². The zero-order chi connectivity index (χ0) is 14.4. The number of hydrazine groups is 1. The number of hydrogen-bond donors (Lipinski definition) is 2. The molecule has 2 heterocycles. The molecule has 6 nitrogen and oxygen atoms in total. The molecule has 0 aliphatic carbocycles. The molecule has 6 heteroatoms. The van der Waals surface area contributed by atoms with Gasteiger partial charge in [0.2, 0.25) is 0 Å². The number of pyridine rings is 1. The fraction of sp³-hybridized carbons (Fsp3) is 0.429. The SMILES string of the molecule is CN1CCN(NC(=O)c2cncc(C#CCO)c2)CC1. The van der Waals surface area contributed by atoms with Crippen molar-refractivity contribution in [3.63, 3.8) is 0 Å². The summed E-state index contributed by atoms with van der Waals surface area (Å²) < 4.78 is 0. The third-order valence-electron chi connectivity index (χ3n) is 3.08. The van der Waals surface area contributed by atoms with Crippen LogP contribution in [0.25, 0.3) is 0 Å². The van der Waals surface area contributed by atoms with E-state index in [1.807, 2.05) is 5.01 Å². The number of carbonyl (C=O) groups excluding carboxylic acids is 1. The van der Waals surface area contributed by atoms with Gasteiger partial charge in [-0.3, -0.25) is 15.2 Å². The third kappa shape index (κ3) is 4.03. The van der Waals surface area contributed by atoms with Crippen LogP contribution in [-0.4, -0.2) is 65.7 Å². The van der Waals surface area contributed by atoms with Gasteiger partial charge >= 0.3 is 0 Å². The van der Waals surface area contributed by atoms with Crippen LogP contribution in [0.4, 0.5) is 0 Å². The van der Waals surface area contributed by atoms with Crippen molar-refractivity contribution in [2.45, 2.75) is 0 Å². The minimum atomic E-state index is -0.211. The van der Waals surface area contributed by atoms with Gasteiger partial charge in [0.15, 0.2) is 0 Å². The number of nitrogens with one attached hydrogen (secondary N) is 1. The van der Waals surface area contributed by atoms with Gasteiger partial charge in [0, 0.05) is 44.1 Å². The molecule has 0 bridgehead atoms. The molecule has 0 atom stereocenters. The third-order valence-corrected chi connectivity index (χ3v) is 3.08. The molecular weight excluding hydrogens is 256 g/mol. The maximum atomic E-state index is 12.1. The number of piperazine rings is 1. The quantitative estimate of drug-likeness (QED) is 0.699. The highest BCUT2D eigenvalue weighted by Crippen LogP contribution is 2.03. The first-order valence-electron chi connectivity index (χ1n) is 6.48. The van der Waals surface area contributed by atoms with Gasteiger partial charge < -0.3 is 10.0 Å². The van der Waals surface area contributed by atoms with Gasteiger partial charge in [0.05, 0.1) is 5.56 Å². The number of rotatable bonds is 2. The van der Waals surface area contributed by atoms with Gasteiger partial charge in [0.25, 0.3) is 5.91 Å². The second-order valence-corrected chi connectivity index (χ2v) is 4.65. The smallest absolute Gasteiger partial charge is 0.267 e. The van der Waals surface area contributed by atoms with Crippen LogP contribution in [0, 0.1) is 11.8 Å². The Morgan fingerprint density at radius 2 is 2.15 bits per heavy atom. The minimum Gasteiger partial charge on any atom is -0.384 e. The van der Waals surface area contributed by atoms with Crippen LogP contribution in [0.1, 0.15) is 15.9 Å². The Hall–Kier alpha value is -1.94. The van der Waals surface area contributed by atoms with Crippen molar-refractivity contribution in [1.82, 2.24) is 20.3 Å². The maximum Gasteiger partial charge on any atom is 0.267 e. The molecule has 1 amide bonds. The Morgan fingerprint density at radius 3 is 2.85 bits per heavy atom. The van der Waals surface area contributed by atoms with E-state index in [0.29, 0.717) is 11.1 Å². The standard InChI is InChI=1S/C14H18N4O2/c1-17-4-6-18(7-5-17)16-14(20)13-9-12(3-2-8-19)10-15-11-13/h9-11,19H,4-8H2,1H3,(H,16,20). The van der Waals surface area contributed by atoms with E-state index < -0.39 is 0 Å². The number of amides is 1. The summed E-state index contributed by atoms with van der Waals surface area (Å²) in [7, 11) is 2.06. The lowest BCUT2D eigenvalue weighted by atomic mass is 10.2. The molecule has 1 saturated heterocycles. The first kappa shape index (κ1) is 14.5. The van der Waals surface area contributed by atoms with Crippen molar-refractivity contribution < 1.29 is 9.90 Å². The Labute approximate surface area is 118 Å². The summed E-state index contributed by atoms with van der Waals surface area (Å²) in [6.07, 6.45) is 3.07. The van der Waals surface area contributed by atoms with E-state index in [1.54, 1.807) is 12.3 Å². The topological polar surface area (TPSA) is 68.7 Å². The van der Waals surface area contributed by atoms with E-state index in [2.05, 4.69) is 34.2 Å². The molecule has 2 rings (SSSR count). The van der Waals surface area contributed by atoms with Gasteiger partial charge in [-0.1, -0.05) is 11.8 Å². The average Bonchev–Trinajstić information content (AvgIpc) is 2.48. The number of aliphatic hydroxyl groups excluding tert-OH is 1. The molecule has 1 aromatic heterocycles. The molecule has 0 spiro atoms. The summed E-state index contributed by atoms with van der Waals surface area (Å²) in [5.74, 6) is 5.09. The summed E-state index contributed by atoms with van der Waals surface area (Å²) >= 11 is 0. The molecule has 1 fully saturated rings. The summed E-state index contributed by atoms with van der Waals surface area (Å²) in [6, 6.07) is 1.67. The molecule has 0 unspecified atom stereocenters. The van der Waals surface area contributed by atoms with Crippen molar-refractivity contribution in [3.05, 3.63) is 29.6 Å². The summed E-state index contributed by atoms with van der Waals surface area (Å²) in [6.45, 7) is 3.26. The van der Waals surface area contributed by atoms with Crippen molar-refractivity contribution in [1.29, 1.82) is 0 Å². The highest BCUT2D eigenvalue weighted by atomic mass is 16.2. The van der Waals surface area contributed by atoms with Gasteiger partial charge in [-0.05, 0) is 13.1 Å². The van der Waals surface area contributed by atoms with E-state index in [0.717, 1.165) is 26.2 Å². The van der Waals surface area contributed by atoms with Crippen LogP contribution in [0.2, 0.25) is 0 Å². The molecule has 20 heavy (non-hydrogen) atoms. The number of likely N-dealkylation sites (N-methyl/N-ethyl adjacent to an activating group) is 1. The minimum absolute atomic E-state index is 0.185. The van der Waals surface area contributed by atoms with E-state index in [1.165, 1.54) is 6.20 Å². The predicted octanol–water partition coefficient (Wildman–Crippen LogP) is -0.682. The highest BCUT2D eigenvalue weighted by molar-refractivity contribution is 5.93. The van der Waals surface area contributed by atoms with Crippen molar-refractivity contribution >= 4 is 5.91 Å². The Balaban J connectivity index is 1.98. The van der Waals surface area contributed by atoms with Crippen LogP contribution >= 0.6 is 0 Å². The predicted molar refractivity (Wildman–Crippen MR) is 74.7 cm³/mol. The molecule has 2 N–H and O–H groups in total. The van der Waals surface area contributed by atoms with Gasteiger partial charge in [-0.25, -0.2) is 5.01 Å². The Kier molecular flexibility index (Phi) is 5.07. The number of carbonyl (C=O) groups is 1. The molecular formula is C14H18N4O2. The first-order valence-corrected chi connectivity index (χ1v) is 6.48. The fourth-order valence-electron chi connectivity index (χ4n) is 1.90. The number of aromatic nitrogens is 1. The molecule has 1 aromatic rings. The van der Waals surface area contributed by atoms with Crippen molar-refractivity contribution in [2.75, 3.05) is 39.8 Å². The molecule has 0 saturated carbocycles. The number of hydrogen-bond acceptors (Lipinski definition) is 5. The number of nitrogens with zero attached hydrogens (tertiary/aromatic N) is 3. The largest absolute Gasteiger partial charge is 0.384 e. The first-order chi connectivity index (χ1) is 9.69. The van der Waals surface area contributed by atoms with E-state index in [4.69, 9.17) is 5.11 Å². The van der Waals surface area contributed by atoms with E-state index >= 15 is 0 Å². The van der Waals surface area contributed by atoms with Crippen molar-refractivity contribution in [3.8, 4) is 11.8 Å². The average molecular weight is 274 g/mol. The van der Waals surface area contributed by atoms with Crippen LogP contribution in [-0.2, 0) is 0 Å². The number of aliphatic hydroxyl groups is 1. The molecule has 1 aliphatic heterocycles. The normalized spacial score (nSPS) is 16.3. The van der Waals surface area contributed by atoms with Crippen molar-refractivity contribution in [2.24, 2.45) is 0 Å². The van der Waals surface area contributed by atoms with Gasteiger partial charge in [-0.15, -0.1) is 0 Å². The molecule has 1 aliphatic rings. The Bertz CT molecular complexity index is 527. The highest BCUT2D eigenvalue weighted by Gasteiger charge is 2.16. The zero-order valence-electron chi connectivity index (χ0n) is 11.5. The molecule has 106 valence electrons. The monoisotopic (exact) mass is 274 g/mol. The zero-order valence-corrected chi connectivity index (χ0v) is 11.5. The van der Waals surface area contributed by atoms with Crippen LogP contribution in [0.5, 0.6) is 0 Å². The fourth-order valence-corrected chi connectivity index (χ4v) is 1.90.